The molecule has 17 heavy (non-hydrogen) atoms. The van der Waals surface area contributed by atoms with Crippen LogP contribution < -0.4 is 0 Å². The van der Waals surface area contributed by atoms with Crippen molar-refractivity contribution < 1.29 is 4.52 Å². The molecule has 0 N–H and O–H groups in total. The van der Waals surface area contributed by atoms with Gasteiger partial charge in [-0.05, 0) is 19.8 Å². The van der Waals surface area contributed by atoms with Crippen LogP contribution in [0.15, 0.2) is 23.1 Å². The van der Waals surface area contributed by atoms with Gasteiger partial charge in [-0.1, -0.05) is 19.0 Å². The highest BCUT2D eigenvalue weighted by molar-refractivity contribution is 5.64. The molecule has 0 aliphatic heterocycles. The molecule has 1 fully saturated rings. The quantitative estimate of drug-likeness (QED) is 0.795. The van der Waals surface area contributed by atoms with Crippen LogP contribution in [0, 0.1) is 6.92 Å². The summed E-state index contributed by atoms with van der Waals surface area (Å²) < 4.78 is 5.36. The van der Waals surface area contributed by atoms with Gasteiger partial charge < -0.3 is 4.52 Å². The zero-order valence-corrected chi connectivity index (χ0v) is 10.5. The van der Waals surface area contributed by atoms with E-state index in [0.717, 1.165) is 22.7 Å². The highest BCUT2D eigenvalue weighted by Gasteiger charge is 2.32. The molecule has 0 unspecified atom stereocenters. The third-order valence-electron chi connectivity index (χ3n) is 2.66. The molecule has 0 bridgehead atoms. The molecule has 0 atom stereocenters. The Bertz CT molecular complexity index is 475. The summed E-state index contributed by atoms with van der Waals surface area (Å²) in [5, 5.41) is 4.01. The Morgan fingerprint density at radius 3 is 2.59 bits per heavy atom. The van der Waals surface area contributed by atoms with E-state index in [2.05, 4.69) is 15.1 Å². The third-order valence-corrected chi connectivity index (χ3v) is 2.66. The normalized spacial score (nSPS) is 14.1. The van der Waals surface area contributed by atoms with Crippen molar-refractivity contribution in [2.75, 3.05) is 0 Å². The predicted octanol–water partition coefficient (Wildman–Crippen LogP) is 3.34. The second kappa shape index (κ2) is 5.08. The predicted molar refractivity (Wildman–Crippen MR) is 65.6 cm³/mol. The van der Waals surface area contributed by atoms with Crippen molar-refractivity contribution in [3.8, 4) is 11.3 Å². The van der Waals surface area contributed by atoms with Gasteiger partial charge in [0, 0.05) is 18.3 Å². The number of hydrogen-bond acceptors (Lipinski definition) is 4. The van der Waals surface area contributed by atoms with Crippen molar-refractivity contribution in [1.29, 1.82) is 0 Å². The Kier molecular flexibility index (Phi) is 3.52. The van der Waals surface area contributed by atoms with Crippen molar-refractivity contribution >= 4 is 0 Å². The average Bonchev–Trinajstić information content (AvgIpc) is 3.16. The second-order valence-corrected chi connectivity index (χ2v) is 3.87. The first-order chi connectivity index (χ1) is 8.36. The summed E-state index contributed by atoms with van der Waals surface area (Å²) in [6, 6.07) is 0. The molecule has 1 saturated carbocycles. The molecule has 0 amide bonds. The minimum absolute atomic E-state index is 0.545. The SMILES string of the molecule is CC.Cc1noc(C2CC2)c1-c1cnccn1. The molecule has 0 radical (unpaired) electrons. The summed E-state index contributed by atoms with van der Waals surface area (Å²) in [7, 11) is 0. The van der Waals surface area contributed by atoms with Gasteiger partial charge in [-0.25, -0.2) is 0 Å². The zero-order valence-electron chi connectivity index (χ0n) is 10.5. The number of rotatable bonds is 2. The number of aromatic nitrogens is 3. The maximum atomic E-state index is 5.36. The number of nitrogens with zero attached hydrogens (tertiary/aromatic N) is 3. The first-order valence-corrected chi connectivity index (χ1v) is 6.09. The molecule has 3 rings (SSSR count). The first kappa shape index (κ1) is 11.8. The van der Waals surface area contributed by atoms with Crippen LogP contribution in [0.4, 0.5) is 0 Å². The Morgan fingerprint density at radius 1 is 1.24 bits per heavy atom. The zero-order chi connectivity index (χ0) is 12.3. The van der Waals surface area contributed by atoms with Crippen LogP contribution in [0.25, 0.3) is 11.3 Å². The lowest BCUT2D eigenvalue weighted by Gasteiger charge is -1.98. The van der Waals surface area contributed by atoms with Crippen LogP contribution in [0.2, 0.25) is 0 Å². The van der Waals surface area contributed by atoms with Gasteiger partial charge in [0.25, 0.3) is 0 Å². The van der Waals surface area contributed by atoms with Crippen molar-refractivity contribution in [3.63, 3.8) is 0 Å². The van der Waals surface area contributed by atoms with Crippen molar-refractivity contribution in [3.05, 3.63) is 30.0 Å². The van der Waals surface area contributed by atoms with Crippen LogP contribution in [-0.2, 0) is 0 Å². The van der Waals surface area contributed by atoms with Gasteiger partial charge in [-0.2, -0.15) is 0 Å². The summed E-state index contributed by atoms with van der Waals surface area (Å²) >= 11 is 0. The summed E-state index contributed by atoms with van der Waals surface area (Å²) in [5.74, 6) is 1.52. The molecule has 2 aromatic rings. The molecular formula is C13H17N3O. The summed E-state index contributed by atoms with van der Waals surface area (Å²) in [5.41, 5.74) is 2.79. The van der Waals surface area contributed by atoms with Gasteiger partial charge in [-0.15, -0.1) is 0 Å². The smallest absolute Gasteiger partial charge is 0.149 e. The molecular weight excluding hydrogens is 214 g/mol. The fourth-order valence-electron chi connectivity index (χ4n) is 1.75. The molecule has 2 heterocycles. The molecule has 4 heteroatoms. The van der Waals surface area contributed by atoms with Gasteiger partial charge in [0.15, 0.2) is 0 Å². The van der Waals surface area contributed by atoms with E-state index < -0.39 is 0 Å². The van der Waals surface area contributed by atoms with E-state index in [4.69, 9.17) is 4.52 Å². The fourth-order valence-corrected chi connectivity index (χ4v) is 1.75. The largest absolute Gasteiger partial charge is 0.360 e. The van der Waals surface area contributed by atoms with Crippen LogP contribution >= 0.6 is 0 Å². The van der Waals surface area contributed by atoms with Crippen molar-refractivity contribution in [2.45, 2.75) is 39.5 Å². The van der Waals surface area contributed by atoms with E-state index in [-0.39, 0.29) is 0 Å². The lowest BCUT2D eigenvalue weighted by atomic mass is 10.1. The van der Waals surface area contributed by atoms with Gasteiger partial charge in [-0.3, -0.25) is 9.97 Å². The number of hydrogen-bond donors (Lipinski definition) is 0. The van der Waals surface area contributed by atoms with Gasteiger partial charge in [0.1, 0.15) is 5.76 Å². The summed E-state index contributed by atoms with van der Waals surface area (Å²) in [6.45, 7) is 5.94. The van der Waals surface area contributed by atoms with E-state index in [9.17, 15) is 0 Å². The molecule has 1 aliphatic rings. The van der Waals surface area contributed by atoms with E-state index >= 15 is 0 Å². The highest BCUT2D eigenvalue weighted by atomic mass is 16.5. The van der Waals surface area contributed by atoms with Crippen molar-refractivity contribution in [1.82, 2.24) is 15.1 Å². The maximum absolute atomic E-state index is 5.36. The molecule has 1 aliphatic carbocycles. The van der Waals surface area contributed by atoms with Gasteiger partial charge >= 0.3 is 0 Å². The van der Waals surface area contributed by atoms with Crippen LogP contribution in [0.1, 0.15) is 44.1 Å². The molecule has 0 saturated heterocycles. The van der Waals surface area contributed by atoms with E-state index in [1.165, 1.54) is 12.8 Å². The Labute approximate surface area is 101 Å². The Balaban J connectivity index is 0.000000514. The Hall–Kier alpha value is -1.71. The second-order valence-electron chi connectivity index (χ2n) is 3.87. The standard InChI is InChI=1S/C11H11N3O.C2H6/c1-7-10(9-6-12-4-5-13-9)11(15-14-7)8-2-3-8;1-2/h4-6,8H,2-3H2,1H3;1-2H3. The minimum Gasteiger partial charge on any atom is -0.360 e. The first-order valence-electron chi connectivity index (χ1n) is 6.09. The topological polar surface area (TPSA) is 51.8 Å². The Morgan fingerprint density at radius 2 is 2.00 bits per heavy atom. The van der Waals surface area contributed by atoms with Crippen molar-refractivity contribution in [2.24, 2.45) is 0 Å². The number of aryl methyl sites for hydroxylation is 1. The molecule has 90 valence electrons. The lowest BCUT2D eigenvalue weighted by molar-refractivity contribution is 0.381. The fraction of sp³-hybridized carbons (Fsp3) is 0.462. The van der Waals surface area contributed by atoms with Gasteiger partial charge in [0.05, 0.1) is 23.1 Å². The summed E-state index contributed by atoms with van der Waals surface area (Å²) in [4.78, 5) is 8.36. The monoisotopic (exact) mass is 231 g/mol. The van der Waals surface area contributed by atoms with E-state index in [1.54, 1.807) is 18.6 Å². The minimum atomic E-state index is 0.545. The third kappa shape index (κ3) is 2.35. The summed E-state index contributed by atoms with van der Waals surface area (Å²) in [6.07, 6.45) is 7.51. The highest BCUT2D eigenvalue weighted by Crippen LogP contribution is 2.44. The van der Waals surface area contributed by atoms with Gasteiger partial charge in [0.2, 0.25) is 0 Å². The molecule has 0 aromatic carbocycles. The van der Waals surface area contributed by atoms with Crippen LogP contribution in [-0.4, -0.2) is 15.1 Å². The maximum Gasteiger partial charge on any atom is 0.149 e. The molecule has 2 aromatic heterocycles. The van der Waals surface area contributed by atoms with E-state index in [1.807, 2.05) is 20.8 Å². The van der Waals surface area contributed by atoms with Crippen LogP contribution in [0.3, 0.4) is 0 Å². The molecule has 4 nitrogen and oxygen atoms in total. The lowest BCUT2D eigenvalue weighted by Crippen LogP contribution is -1.88. The van der Waals surface area contributed by atoms with Crippen LogP contribution in [0.5, 0.6) is 0 Å². The average molecular weight is 231 g/mol. The molecule has 0 spiro atoms. The van der Waals surface area contributed by atoms with E-state index in [0.29, 0.717) is 5.92 Å².